The third-order valence-corrected chi connectivity index (χ3v) is 14.0. The zero-order chi connectivity index (χ0) is 48.0. The zero-order valence-electron chi connectivity index (χ0n) is 38.0. The molecule has 18 heteroatoms. The van der Waals surface area contributed by atoms with Crippen LogP contribution in [0.4, 0.5) is 15.3 Å². The molecule has 0 unspecified atom stereocenters. The molecular formula is C49H58BrN7O10. The highest BCUT2D eigenvalue weighted by molar-refractivity contribution is 9.10. The van der Waals surface area contributed by atoms with Crippen molar-refractivity contribution in [3.05, 3.63) is 91.7 Å². The number of alkyl carbamates (subject to hydrolysis) is 1. The van der Waals surface area contributed by atoms with Crippen LogP contribution in [0.5, 0.6) is 0 Å². The first-order chi connectivity index (χ1) is 32.0. The number of nitrogens with zero attached hydrogens (tertiary/aromatic N) is 2. The number of nitrogens with two attached hydrogens (primary N) is 2. The van der Waals surface area contributed by atoms with Gasteiger partial charge in [0, 0.05) is 52.1 Å². The van der Waals surface area contributed by atoms with Gasteiger partial charge in [-0.15, -0.1) is 0 Å². The Morgan fingerprint density at radius 1 is 1.00 bits per heavy atom. The van der Waals surface area contributed by atoms with Crippen molar-refractivity contribution in [2.24, 2.45) is 28.7 Å². The van der Waals surface area contributed by atoms with E-state index in [1.165, 1.54) is 0 Å². The summed E-state index contributed by atoms with van der Waals surface area (Å²) >= 11 is 3.60. The van der Waals surface area contributed by atoms with E-state index in [9.17, 15) is 33.6 Å². The van der Waals surface area contributed by atoms with Crippen LogP contribution in [0.1, 0.15) is 107 Å². The Hall–Kier alpha value is -6.14. The predicted octanol–water partition coefficient (Wildman–Crippen LogP) is 6.61. The van der Waals surface area contributed by atoms with E-state index in [1.54, 1.807) is 41.8 Å². The maximum absolute atomic E-state index is 14.1. The number of ketones is 1. The molecule has 17 nitrogen and oxygen atoms in total. The summed E-state index contributed by atoms with van der Waals surface area (Å²) in [7, 11) is 0. The smallest absolute Gasteiger partial charge is 0.407 e. The maximum Gasteiger partial charge on any atom is 0.407 e. The lowest BCUT2D eigenvalue weighted by Crippen LogP contribution is -2.48. The SMILES string of the molecule is CC[C@@]1(OC(=O)CC2(CNC(=O)OCc3ccc(NC(=O)[C@H](CCCNC(N)=O)CC(=O)[C@@H](N)C(C)C)cc3)CCCCC2)C(=O)OCc2c1cc1n(c2=O)Cc2cc3c(Br)cccc3nc2-1. The van der Waals surface area contributed by atoms with E-state index in [0.29, 0.717) is 60.4 Å². The van der Waals surface area contributed by atoms with Gasteiger partial charge in [0.1, 0.15) is 13.2 Å². The Morgan fingerprint density at radius 3 is 2.45 bits per heavy atom. The largest absolute Gasteiger partial charge is 0.457 e. The monoisotopic (exact) mass is 983 g/mol. The minimum atomic E-state index is -1.87. The topological polar surface area (TPSA) is 253 Å². The quantitative estimate of drug-likeness (QED) is 0.0354. The minimum absolute atomic E-state index is 0.0239. The molecule has 67 heavy (non-hydrogen) atoms. The molecule has 1 aliphatic carbocycles. The van der Waals surface area contributed by atoms with E-state index in [0.717, 1.165) is 40.2 Å². The van der Waals surface area contributed by atoms with Gasteiger partial charge in [0.15, 0.2) is 5.78 Å². The molecule has 0 spiro atoms. The Morgan fingerprint density at radius 2 is 1.75 bits per heavy atom. The number of urea groups is 1. The number of esters is 2. The number of halogens is 1. The van der Waals surface area contributed by atoms with E-state index in [2.05, 4.69) is 31.9 Å². The minimum Gasteiger partial charge on any atom is -0.457 e. The third-order valence-electron chi connectivity index (χ3n) is 13.3. The van der Waals surface area contributed by atoms with E-state index >= 15 is 0 Å². The number of hydrogen-bond acceptors (Lipinski definition) is 12. The van der Waals surface area contributed by atoms with Crippen LogP contribution in [-0.2, 0) is 58.7 Å². The number of fused-ring (bicyclic) bond motifs is 5. The number of ether oxygens (including phenoxy) is 3. The lowest BCUT2D eigenvalue weighted by atomic mass is 9.71. The van der Waals surface area contributed by atoms with Crippen LogP contribution in [0.2, 0.25) is 0 Å². The second-order valence-electron chi connectivity index (χ2n) is 18.3. The summed E-state index contributed by atoms with van der Waals surface area (Å²) in [5.74, 6) is -2.78. The lowest BCUT2D eigenvalue weighted by molar-refractivity contribution is -0.191. The summed E-state index contributed by atoms with van der Waals surface area (Å²) < 4.78 is 19.8. The number of anilines is 1. The number of pyridine rings is 2. The van der Waals surface area contributed by atoms with Crippen molar-refractivity contribution in [1.29, 1.82) is 0 Å². The molecule has 356 valence electrons. The molecule has 3 atom stereocenters. The molecule has 2 aliphatic heterocycles. The number of rotatable bonds is 18. The van der Waals surface area contributed by atoms with Crippen LogP contribution in [0.15, 0.2) is 63.9 Å². The second-order valence-corrected chi connectivity index (χ2v) is 19.1. The first-order valence-corrected chi connectivity index (χ1v) is 23.7. The number of carbonyl (C=O) groups excluding carboxylic acids is 6. The standard InChI is InChI=1S/C49H58BrN7O10/c1-4-49(35-22-38-42-31(20-33-36(50)11-8-12-37(33)56-42)24-57(38)44(61)34(35)26-65-45(49)62)67-40(59)23-48(17-6-5-7-18-48)27-54-47(64)66-25-29-13-15-32(16-14-29)55-43(60)30(10-9-19-53-46(52)63)21-39(58)41(51)28(2)3/h8,11-16,20,22,28,30,41H,4-7,9-10,17-19,21,23-27,51H2,1-3H3,(H,54,64)(H,55,60)(H3,52,53,63)/t30-,41+,49+/m1/s1. The molecule has 0 saturated heterocycles. The molecule has 1 fully saturated rings. The molecule has 1 saturated carbocycles. The van der Waals surface area contributed by atoms with Crippen molar-refractivity contribution in [1.82, 2.24) is 20.2 Å². The summed E-state index contributed by atoms with van der Waals surface area (Å²) in [6.45, 7) is 5.73. The Balaban J connectivity index is 0.977. The summed E-state index contributed by atoms with van der Waals surface area (Å²) in [5, 5.41) is 9.10. The molecule has 3 aliphatic rings. The van der Waals surface area contributed by atoms with Crippen LogP contribution >= 0.6 is 15.9 Å². The lowest BCUT2D eigenvalue weighted by Gasteiger charge is -2.39. The van der Waals surface area contributed by atoms with Crippen molar-refractivity contribution >= 4 is 68.3 Å². The fraction of sp³-hybridized carbons (Fsp3) is 0.469. The number of aromatic nitrogens is 2. The van der Waals surface area contributed by atoms with Crippen LogP contribution in [0, 0.1) is 17.3 Å². The van der Waals surface area contributed by atoms with Crippen molar-refractivity contribution in [3.8, 4) is 11.4 Å². The highest BCUT2D eigenvalue weighted by atomic mass is 79.9. The van der Waals surface area contributed by atoms with Crippen LogP contribution in [0.3, 0.4) is 0 Å². The number of nitrogens with one attached hydrogen (secondary N) is 3. The zero-order valence-corrected chi connectivity index (χ0v) is 39.6. The number of carbonyl (C=O) groups is 6. The molecule has 7 rings (SSSR count). The molecule has 4 aromatic rings. The molecular weight excluding hydrogens is 926 g/mol. The summed E-state index contributed by atoms with van der Waals surface area (Å²) in [4.78, 5) is 97.3. The van der Waals surface area contributed by atoms with Crippen molar-refractivity contribution in [2.45, 2.75) is 116 Å². The average Bonchev–Trinajstić information content (AvgIpc) is 3.67. The number of benzene rings is 2. The van der Waals surface area contributed by atoms with Gasteiger partial charge in [0.25, 0.3) is 5.56 Å². The number of cyclic esters (lactones) is 1. The summed E-state index contributed by atoms with van der Waals surface area (Å²) in [6, 6.07) is 14.8. The molecule has 4 amide bonds. The third kappa shape index (κ3) is 10.9. The van der Waals surface area contributed by atoms with E-state index in [1.807, 2.05) is 38.1 Å². The number of amides is 4. The Kier molecular flexibility index (Phi) is 15.1. The molecule has 0 bridgehead atoms. The summed E-state index contributed by atoms with van der Waals surface area (Å²) in [6.07, 6.45) is 3.81. The highest BCUT2D eigenvalue weighted by Crippen LogP contribution is 2.44. The van der Waals surface area contributed by atoms with Gasteiger partial charge in [-0.3, -0.25) is 19.2 Å². The van der Waals surface area contributed by atoms with Gasteiger partial charge in [-0.25, -0.2) is 19.4 Å². The van der Waals surface area contributed by atoms with Gasteiger partial charge in [-0.1, -0.05) is 74.2 Å². The van der Waals surface area contributed by atoms with E-state index in [-0.39, 0.29) is 74.3 Å². The van der Waals surface area contributed by atoms with Gasteiger partial charge >= 0.3 is 24.1 Å². The van der Waals surface area contributed by atoms with Crippen molar-refractivity contribution in [3.63, 3.8) is 0 Å². The fourth-order valence-electron chi connectivity index (χ4n) is 9.40. The van der Waals surface area contributed by atoms with Crippen LogP contribution in [-0.4, -0.2) is 64.4 Å². The number of hydrogen-bond donors (Lipinski definition) is 5. The van der Waals surface area contributed by atoms with E-state index in [4.69, 9.17) is 30.7 Å². The maximum atomic E-state index is 14.1. The van der Waals surface area contributed by atoms with Gasteiger partial charge in [-0.2, -0.15) is 0 Å². The molecule has 7 N–H and O–H groups in total. The Bertz CT molecular complexity index is 2630. The van der Waals surface area contributed by atoms with Crippen LogP contribution < -0.4 is 33.0 Å². The number of primary amides is 1. The molecule has 4 heterocycles. The normalized spacial score (nSPS) is 17.9. The van der Waals surface area contributed by atoms with Gasteiger partial charge in [0.2, 0.25) is 11.5 Å². The van der Waals surface area contributed by atoms with Crippen molar-refractivity contribution < 1.29 is 43.0 Å². The first-order valence-electron chi connectivity index (χ1n) is 22.9. The molecule has 2 aromatic heterocycles. The molecule has 2 aromatic carbocycles. The molecule has 0 radical (unpaired) electrons. The van der Waals surface area contributed by atoms with Crippen LogP contribution in [0.25, 0.3) is 22.3 Å². The van der Waals surface area contributed by atoms with Crippen molar-refractivity contribution in [2.75, 3.05) is 18.4 Å². The second kappa shape index (κ2) is 20.8. The first kappa shape index (κ1) is 48.8. The summed E-state index contributed by atoms with van der Waals surface area (Å²) in [5.41, 5.74) is 12.7. The number of Topliss-reactive ketones (excluding diaryl/α,β-unsaturated/α-hetero) is 1. The predicted molar refractivity (Wildman–Crippen MR) is 252 cm³/mol. The van der Waals surface area contributed by atoms with Gasteiger partial charge < -0.3 is 46.2 Å². The Labute approximate surface area is 396 Å². The average molecular weight is 985 g/mol. The fourth-order valence-corrected chi connectivity index (χ4v) is 9.87. The van der Waals surface area contributed by atoms with E-state index < -0.39 is 47.0 Å². The van der Waals surface area contributed by atoms with Gasteiger partial charge in [0.05, 0.1) is 41.5 Å². The van der Waals surface area contributed by atoms with Gasteiger partial charge in [-0.05, 0) is 85.4 Å². The highest BCUT2D eigenvalue weighted by Gasteiger charge is 2.51.